The summed E-state index contributed by atoms with van der Waals surface area (Å²) in [5, 5.41) is 0. The monoisotopic (exact) mass is 355 g/mol. The first kappa shape index (κ1) is 18.9. The lowest BCUT2D eigenvalue weighted by molar-refractivity contribution is -0.133. The van der Waals surface area contributed by atoms with E-state index in [-0.39, 0.29) is 17.6 Å². The highest BCUT2D eigenvalue weighted by Crippen LogP contribution is 2.17. The SMILES string of the molecule is Cc1ccc(C)c(S(=O)(=O)NC(=O)[C@@H](C)OC[C@H]2CCCCO2)c1. The van der Waals surface area contributed by atoms with Crippen LogP contribution in [0.3, 0.4) is 0 Å². The Morgan fingerprint density at radius 1 is 1.38 bits per heavy atom. The Morgan fingerprint density at radius 3 is 2.79 bits per heavy atom. The molecule has 24 heavy (non-hydrogen) atoms. The molecule has 7 heteroatoms. The number of benzene rings is 1. The summed E-state index contributed by atoms with van der Waals surface area (Å²) >= 11 is 0. The van der Waals surface area contributed by atoms with E-state index in [1.54, 1.807) is 26.0 Å². The van der Waals surface area contributed by atoms with E-state index in [9.17, 15) is 13.2 Å². The van der Waals surface area contributed by atoms with Crippen molar-refractivity contribution in [2.45, 2.75) is 57.1 Å². The fourth-order valence-electron chi connectivity index (χ4n) is 2.53. The van der Waals surface area contributed by atoms with Gasteiger partial charge in [-0.05, 0) is 57.2 Å². The second-order valence-corrected chi connectivity index (χ2v) is 7.85. The van der Waals surface area contributed by atoms with Crippen LogP contribution < -0.4 is 4.72 Å². The molecule has 1 aromatic carbocycles. The Morgan fingerprint density at radius 2 is 2.12 bits per heavy atom. The van der Waals surface area contributed by atoms with E-state index in [0.29, 0.717) is 12.2 Å². The molecule has 0 radical (unpaired) electrons. The summed E-state index contributed by atoms with van der Waals surface area (Å²) in [5.41, 5.74) is 1.40. The topological polar surface area (TPSA) is 81.7 Å². The van der Waals surface area contributed by atoms with Gasteiger partial charge in [0.15, 0.2) is 0 Å². The summed E-state index contributed by atoms with van der Waals surface area (Å²) in [6, 6.07) is 5.09. The number of carbonyl (C=O) groups excluding carboxylic acids is 1. The van der Waals surface area contributed by atoms with Crippen LogP contribution in [-0.2, 0) is 24.3 Å². The minimum atomic E-state index is -3.91. The molecule has 1 heterocycles. The highest BCUT2D eigenvalue weighted by Gasteiger charge is 2.25. The van der Waals surface area contributed by atoms with Crippen LogP contribution in [0, 0.1) is 13.8 Å². The number of aryl methyl sites for hydroxylation is 2. The molecule has 0 saturated carbocycles. The van der Waals surface area contributed by atoms with Crippen LogP contribution in [0.2, 0.25) is 0 Å². The molecule has 0 aliphatic carbocycles. The fraction of sp³-hybridized carbons (Fsp3) is 0.588. The van der Waals surface area contributed by atoms with Crippen LogP contribution in [0.1, 0.15) is 37.3 Å². The van der Waals surface area contributed by atoms with Gasteiger partial charge >= 0.3 is 0 Å². The average molecular weight is 355 g/mol. The fourth-order valence-corrected chi connectivity index (χ4v) is 3.91. The lowest BCUT2D eigenvalue weighted by Crippen LogP contribution is -2.40. The van der Waals surface area contributed by atoms with Gasteiger partial charge in [0, 0.05) is 6.61 Å². The van der Waals surface area contributed by atoms with Crippen molar-refractivity contribution in [3.63, 3.8) is 0 Å². The molecule has 6 nitrogen and oxygen atoms in total. The van der Waals surface area contributed by atoms with Gasteiger partial charge in [-0.15, -0.1) is 0 Å². The van der Waals surface area contributed by atoms with Crippen LogP contribution in [0.25, 0.3) is 0 Å². The summed E-state index contributed by atoms with van der Waals surface area (Å²) in [4.78, 5) is 12.3. The summed E-state index contributed by atoms with van der Waals surface area (Å²) < 4.78 is 37.9. The Labute approximate surface area is 143 Å². The van der Waals surface area contributed by atoms with E-state index in [1.807, 2.05) is 6.07 Å². The van der Waals surface area contributed by atoms with Crippen molar-refractivity contribution < 1.29 is 22.7 Å². The second kappa shape index (κ2) is 8.09. The second-order valence-electron chi connectivity index (χ2n) is 6.20. The quantitative estimate of drug-likeness (QED) is 0.845. The zero-order valence-electron chi connectivity index (χ0n) is 14.4. The minimum Gasteiger partial charge on any atom is -0.376 e. The van der Waals surface area contributed by atoms with Gasteiger partial charge in [0.1, 0.15) is 6.10 Å². The smallest absolute Gasteiger partial charge is 0.264 e. The maximum atomic E-state index is 12.4. The maximum absolute atomic E-state index is 12.4. The van der Waals surface area contributed by atoms with Crippen molar-refractivity contribution in [3.05, 3.63) is 29.3 Å². The van der Waals surface area contributed by atoms with Gasteiger partial charge in [-0.25, -0.2) is 13.1 Å². The number of sulfonamides is 1. The molecule has 1 aromatic rings. The van der Waals surface area contributed by atoms with Crippen molar-refractivity contribution in [2.24, 2.45) is 0 Å². The molecule has 0 unspecified atom stereocenters. The van der Waals surface area contributed by atoms with Gasteiger partial charge < -0.3 is 9.47 Å². The van der Waals surface area contributed by atoms with Crippen molar-refractivity contribution in [1.82, 2.24) is 4.72 Å². The van der Waals surface area contributed by atoms with E-state index < -0.39 is 22.0 Å². The number of amides is 1. The number of hydrogen-bond donors (Lipinski definition) is 1. The normalized spacial score (nSPS) is 19.7. The average Bonchev–Trinajstić information content (AvgIpc) is 2.55. The summed E-state index contributed by atoms with van der Waals surface area (Å²) in [6.07, 6.45) is 2.13. The standard InChI is InChI=1S/C17H25NO5S/c1-12-7-8-13(2)16(10-12)24(20,21)18-17(19)14(3)23-11-15-6-4-5-9-22-15/h7-8,10,14-15H,4-6,9,11H2,1-3H3,(H,18,19)/t14-,15-/m1/s1. The predicted octanol–water partition coefficient (Wildman–Crippen LogP) is 2.08. The third-order valence-electron chi connectivity index (χ3n) is 4.04. The Bertz CT molecular complexity index is 680. The molecule has 134 valence electrons. The number of rotatable bonds is 6. The molecule has 0 spiro atoms. The molecule has 1 aliphatic heterocycles. The molecule has 1 saturated heterocycles. The lowest BCUT2D eigenvalue weighted by Gasteiger charge is -2.23. The molecule has 0 aromatic heterocycles. The van der Waals surface area contributed by atoms with Crippen molar-refractivity contribution in [1.29, 1.82) is 0 Å². The first-order valence-corrected chi connectivity index (χ1v) is 9.65. The molecular formula is C17H25NO5S. The van der Waals surface area contributed by atoms with E-state index in [1.165, 1.54) is 6.92 Å². The minimum absolute atomic E-state index is 0.0235. The highest BCUT2D eigenvalue weighted by molar-refractivity contribution is 7.90. The van der Waals surface area contributed by atoms with E-state index in [4.69, 9.17) is 9.47 Å². The molecule has 1 N–H and O–H groups in total. The molecule has 2 atom stereocenters. The predicted molar refractivity (Wildman–Crippen MR) is 90.2 cm³/mol. The molecule has 2 rings (SSSR count). The van der Waals surface area contributed by atoms with Crippen molar-refractivity contribution in [2.75, 3.05) is 13.2 Å². The largest absolute Gasteiger partial charge is 0.376 e. The zero-order chi connectivity index (χ0) is 17.7. The summed E-state index contributed by atoms with van der Waals surface area (Å²) in [5.74, 6) is -0.674. The molecular weight excluding hydrogens is 330 g/mol. The van der Waals surface area contributed by atoms with Gasteiger partial charge in [-0.2, -0.15) is 0 Å². The van der Waals surface area contributed by atoms with Gasteiger partial charge in [0.25, 0.3) is 15.9 Å². The third kappa shape index (κ3) is 5.03. The summed E-state index contributed by atoms with van der Waals surface area (Å²) in [6.45, 7) is 6.03. The van der Waals surface area contributed by atoms with Crippen molar-refractivity contribution >= 4 is 15.9 Å². The Hall–Kier alpha value is -1.44. The Balaban J connectivity index is 1.95. The van der Waals surface area contributed by atoms with Gasteiger partial charge in [0.2, 0.25) is 0 Å². The number of carbonyl (C=O) groups is 1. The van der Waals surface area contributed by atoms with Crippen LogP contribution in [0.5, 0.6) is 0 Å². The first-order chi connectivity index (χ1) is 11.3. The van der Waals surface area contributed by atoms with E-state index >= 15 is 0 Å². The highest BCUT2D eigenvalue weighted by atomic mass is 32.2. The molecule has 0 bridgehead atoms. The first-order valence-electron chi connectivity index (χ1n) is 8.17. The van der Waals surface area contributed by atoms with E-state index in [2.05, 4.69) is 4.72 Å². The van der Waals surface area contributed by atoms with E-state index in [0.717, 1.165) is 24.8 Å². The third-order valence-corrected chi connectivity index (χ3v) is 5.53. The lowest BCUT2D eigenvalue weighted by atomic mass is 10.1. The molecule has 1 aliphatic rings. The van der Waals surface area contributed by atoms with Crippen LogP contribution >= 0.6 is 0 Å². The van der Waals surface area contributed by atoms with Gasteiger partial charge in [0.05, 0.1) is 17.6 Å². The Kier molecular flexibility index (Phi) is 6.37. The van der Waals surface area contributed by atoms with Crippen LogP contribution in [0.4, 0.5) is 0 Å². The molecule has 1 amide bonds. The number of nitrogens with one attached hydrogen (secondary N) is 1. The maximum Gasteiger partial charge on any atom is 0.264 e. The summed E-state index contributed by atoms with van der Waals surface area (Å²) in [7, 11) is -3.91. The van der Waals surface area contributed by atoms with Gasteiger partial charge in [-0.1, -0.05) is 12.1 Å². The number of ether oxygens (including phenoxy) is 2. The van der Waals surface area contributed by atoms with Crippen LogP contribution in [0.15, 0.2) is 23.1 Å². The van der Waals surface area contributed by atoms with Gasteiger partial charge in [-0.3, -0.25) is 4.79 Å². The number of hydrogen-bond acceptors (Lipinski definition) is 5. The van der Waals surface area contributed by atoms with Crippen molar-refractivity contribution in [3.8, 4) is 0 Å². The zero-order valence-corrected chi connectivity index (χ0v) is 15.2. The molecule has 1 fully saturated rings. The van der Waals surface area contributed by atoms with Crippen LogP contribution in [-0.4, -0.2) is 39.7 Å².